The van der Waals surface area contributed by atoms with Gasteiger partial charge in [0.15, 0.2) is 0 Å². The number of hydrogen-bond acceptors (Lipinski definition) is 8. The Morgan fingerprint density at radius 2 is 0.929 bits per heavy atom. The fraction of sp³-hybridized carbons (Fsp3) is 0.583. The van der Waals surface area contributed by atoms with E-state index >= 15 is 0 Å². The molecule has 308 valence electrons. The van der Waals surface area contributed by atoms with Gasteiger partial charge >= 0.3 is 11.9 Å². The van der Waals surface area contributed by atoms with E-state index in [2.05, 4.69) is 20.8 Å². The second-order valence-corrected chi connectivity index (χ2v) is 15.0. The molecule has 0 N–H and O–H groups in total. The van der Waals surface area contributed by atoms with E-state index in [1.165, 1.54) is 70.6 Å². The molecule has 1 aliphatic heterocycles. The number of carbonyl (C=O) groups excluding carboxylic acids is 2. The van der Waals surface area contributed by atoms with E-state index in [1.807, 2.05) is 36.4 Å². The Hall–Kier alpha value is -4.04. The van der Waals surface area contributed by atoms with Crippen LogP contribution in [0.4, 0.5) is 0 Å². The van der Waals surface area contributed by atoms with Crippen molar-refractivity contribution >= 4 is 11.9 Å². The quantitative estimate of drug-likeness (QED) is 0.0532. The fourth-order valence-electron chi connectivity index (χ4n) is 6.86. The first kappa shape index (κ1) is 44.7. The van der Waals surface area contributed by atoms with Crippen LogP contribution in [-0.4, -0.2) is 50.6 Å². The van der Waals surface area contributed by atoms with Crippen molar-refractivity contribution in [3.63, 3.8) is 0 Å². The Balaban J connectivity index is 1.32. The van der Waals surface area contributed by atoms with Gasteiger partial charge < -0.3 is 28.4 Å². The average Bonchev–Trinajstić information content (AvgIpc) is 3.23. The zero-order valence-corrected chi connectivity index (χ0v) is 34.5. The Morgan fingerprint density at radius 1 is 0.518 bits per heavy atom. The molecular formula is C48H68O8. The molecule has 0 radical (unpaired) electrons. The largest absolute Gasteiger partial charge is 0.494 e. The Labute approximate surface area is 336 Å². The summed E-state index contributed by atoms with van der Waals surface area (Å²) < 4.78 is 36.1. The van der Waals surface area contributed by atoms with E-state index in [-0.39, 0.29) is 12.7 Å². The van der Waals surface area contributed by atoms with Gasteiger partial charge in [0.25, 0.3) is 0 Å². The van der Waals surface area contributed by atoms with E-state index in [0.29, 0.717) is 43.8 Å². The van der Waals surface area contributed by atoms with Gasteiger partial charge in [-0.2, -0.15) is 0 Å². The molecule has 0 amide bonds. The Kier molecular flexibility index (Phi) is 21.3. The lowest BCUT2D eigenvalue weighted by Gasteiger charge is -2.36. The standard InChI is InChI=1S/C48H68O8/c1-4-7-10-13-15-18-35-52-42-28-22-39(23-29-42)47(49)54-37-46-45(33-32-44(55-46)38-20-26-41(27-21-38)51-34-17-12-9-6-3)56-48(50)40-24-30-43(31-25-40)53-36-19-16-14-11-8-5-2/h20-31,44-46H,4-19,32-37H2,1-3H3/t44-,45-,46+/m0/s1. The molecule has 0 unspecified atom stereocenters. The van der Waals surface area contributed by atoms with Gasteiger partial charge in [0, 0.05) is 0 Å². The summed E-state index contributed by atoms with van der Waals surface area (Å²) in [5, 5.41) is 0. The molecule has 1 aliphatic rings. The summed E-state index contributed by atoms with van der Waals surface area (Å²) in [6.45, 7) is 8.59. The van der Waals surface area contributed by atoms with Gasteiger partial charge in [0.2, 0.25) is 0 Å². The third kappa shape index (κ3) is 16.6. The molecule has 8 heteroatoms. The Morgan fingerprint density at radius 3 is 1.41 bits per heavy atom. The first-order valence-electron chi connectivity index (χ1n) is 21.7. The molecule has 1 fully saturated rings. The van der Waals surface area contributed by atoms with Crippen molar-refractivity contribution in [2.45, 2.75) is 155 Å². The molecule has 8 nitrogen and oxygen atoms in total. The van der Waals surface area contributed by atoms with Gasteiger partial charge in [-0.25, -0.2) is 9.59 Å². The molecule has 4 rings (SSSR count). The van der Waals surface area contributed by atoms with Crippen molar-refractivity contribution in [1.82, 2.24) is 0 Å². The van der Waals surface area contributed by atoms with Crippen molar-refractivity contribution < 1.29 is 38.0 Å². The zero-order chi connectivity index (χ0) is 39.6. The normalized spacial score (nSPS) is 16.6. The molecule has 3 atom stereocenters. The predicted molar refractivity (Wildman–Crippen MR) is 223 cm³/mol. The second kappa shape index (κ2) is 26.7. The summed E-state index contributed by atoms with van der Waals surface area (Å²) in [6, 6.07) is 22.1. The van der Waals surface area contributed by atoms with Crippen molar-refractivity contribution in [3.05, 3.63) is 89.5 Å². The van der Waals surface area contributed by atoms with Crippen molar-refractivity contribution in [1.29, 1.82) is 0 Å². The van der Waals surface area contributed by atoms with Crippen molar-refractivity contribution in [2.75, 3.05) is 26.4 Å². The molecule has 3 aromatic rings. The van der Waals surface area contributed by atoms with Crippen molar-refractivity contribution in [3.8, 4) is 17.2 Å². The summed E-state index contributed by atoms with van der Waals surface area (Å²) in [4.78, 5) is 26.6. The van der Waals surface area contributed by atoms with E-state index in [1.54, 1.807) is 36.4 Å². The maximum absolute atomic E-state index is 13.4. The fourth-order valence-corrected chi connectivity index (χ4v) is 6.86. The highest BCUT2D eigenvalue weighted by molar-refractivity contribution is 5.90. The number of unbranched alkanes of at least 4 members (excludes halogenated alkanes) is 13. The maximum atomic E-state index is 13.4. The predicted octanol–water partition coefficient (Wildman–Crippen LogP) is 12.4. The Bertz CT molecular complexity index is 1490. The average molecular weight is 773 g/mol. The molecule has 0 aliphatic carbocycles. The van der Waals surface area contributed by atoms with E-state index < -0.39 is 24.1 Å². The summed E-state index contributed by atoms with van der Waals surface area (Å²) >= 11 is 0. The van der Waals surface area contributed by atoms with Gasteiger partial charge in [-0.05, 0) is 98.3 Å². The molecule has 56 heavy (non-hydrogen) atoms. The molecule has 0 saturated carbocycles. The lowest BCUT2D eigenvalue weighted by Crippen LogP contribution is -2.42. The van der Waals surface area contributed by atoms with E-state index in [9.17, 15) is 9.59 Å². The lowest BCUT2D eigenvalue weighted by molar-refractivity contribution is -0.140. The molecule has 3 aromatic carbocycles. The van der Waals surface area contributed by atoms with Crippen molar-refractivity contribution in [2.24, 2.45) is 0 Å². The second-order valence-electron chi connectivity index (χ2n) is 15.0. The number of esters is 2. The van der Waals surface area contributed by atoms with Gasteiger partial charge in [0.1, 0.15) is 36.1 Å². The van der Waals surface area contributed by atoms with Gasteiger partial charge in [-0.15, -0.1) is 0 Å². The first-order valence-corrected chi connectivity index (χ1v) is 21.7. The minimum atomic E-state index is -0.656. The SMILES string of the molecule is CCCCCCCCOc1ccc(C(=O)OC[C@H]2O[C@H](c3ccc(OCCCCCC)cc3)CC[C@@H]2OC(=O)c2ccc(OCCCCCCCC)cc2)cc1. The molecule has 1 saturated heterocycles. The van der Waals surface area contributed by atoms with E-state index in [4.69, 9.17) is 28.4 Å². The summed E-state index contributed by atoms with van der Waals surface area (Å²) in [6.07, 6.45) is 18.7. The highest BCUT2D eigenvalue weighted by Crippen LogP contribution is 2.34. The third-order valence-electron chi connectivity index (χ3n) is 10.3. The highest BCUT2D eigenvalue weighted by atomic mass is 16.6. The third-order valence-corrected chi connectivity index (χ3v) is 10.3. The minimum Gasteiger partial charge on any atom is -0.494 e. The van der Waals surface area contributed by atoms with Gasteiger partial charge in [-0.1, -0.05) is 116 Å². The summed E-state index contributed by atoms with van der Waals surface area (Å²) in [5.74, 6) is 1.36. The summed E-state index contributed by atoms with van der Waals surface area (Å²) in [7, 11) is 0. The molecule has 0 aromatic heterocycles. The van der Waals surface area contributed by atoms with Crippen LogP contribution in [0.15, 0.2) is 72.8 Å². The summed E-state index contributed by atoms with van der Waals surface area (Å²) in [5.41, 5.74) is 1.85. The van der Waals surface area contributed by atoms with Crippen LogP contribution in [0, 0.1) is 0 Å². The number of benzene rings is 3. The number of ether oxygens (including phenoxy) is 6. The van der Waals surface area contributed by atoms with Crippen LogP contribution in [0.25, 0.3) is 0 Å². The number of hydrogen-bond donors (Lipinski definition) is 0. The molecular weight excluding hydrogens is 705 g/mol. The van der Waals surface area contributed by atoms with Gasteiger partial charge in [0.05, 0.1) is 37.1 Å². The smallest absolute Gasteiger partial charge is 0.338 e. The lowest BCUT2D eigenvalue weighted by atomic mass is 9.96. The maximum Gasteiger partial charge on any atom is 0.338 e. The van der Waals surface area contributed by atoms with Crippen LogP contribution in [0.3, 0.4) is 0 Å². The highest BCUT2D eigenvalue weighted by Gasteiger charge is 2.36. The van der Waals surface area contributed by atoms with Crippen LogP contribution in [0.2, 0.25) is 0 Å². The van der Waals surface area contributed by atoms with Crippen LogP contribution >= 0.6 is 0 Å². The van der Waals surface area contributed by atoms with Crippen LogP contribution in [0.5, 0.6) is 17.2 Å². The topological polar surface area (TPSA) is 89.5 Å². The molecule has 0 spiro atoms. The van der Waals surface area contributed by atoms with Gasteiger partial charge in [-0.3, -0.25) is 0 Å². The number of carbonyl (C=O) groups is 2. The first-order chi connectivity index (χ1) is 27.5. The van der Waals surface area contributed by atoms with Crippen LogP contribution < -0.4 is 14.2 Å². The van der Waals surface area contributed by atoms with Crippen LogP contribution in [0.1, 0.15) is 169 Å². The monoisotopic (exact) mass is 772 g/mol. The molecule has 0 bridgehead atoms. The number of rotatable bonds is 28. The zero-order valence-electron chi connectivity index (χ0n) is 34.5. The molecule has 1 heterocycles. The minimum absolute atomic E-state index is 0.0618. The van der Waals surface area contributed by atoms with Crippen LogP contribution in [-0.2, 0) is 14.2 Å². The van der Waals surface area contributed by atoms with E-state index in [0.717, 1.165) is 54.9 Å².